The van der Waals surface area contributed by atoms with Crippen LogP contribution < -0.4 is 11.1 Å². The van der Waals surface area contributed by atoms with Gasteiger partial charge in [0.2, 0.25) is 0 Å². The average Bonchev–Trinajstić information content (AvgIpc) is 2.74. The maximum Gasteiger partial charge on any atom is 0.0220 e. The van der Waals surface area contributed by atoms with Crippen molar-refractivity contribution in [2.75, 3.05) is 6.54 Å². The highest BCUT2D eigenvalue weighted by Gasteiger charge is 2.17. The van der Waals surface area contributed by atoms with Crippen LogP contribution in [0.5, 0.6) is 0 Å². The van der Waals surface area contributed by atoms with Gasteiger partial charge < -0.3 is 16.0 Å². The van der Waals surface area contributed by atoms with Gasteiger partial charge in [0, 0.05) is 25.0 Å². The summed E-state index contributed by atoms with van der Waals surface area (Å²) in [6.07, 6.45) is 9.01. The average molecular weight is 207 g/mol. The second-order valence-corrected chi connectivity index (χ2v) is 4.63. The predicted molar refractivity (Wildman–Crippen MR) is 62.4 cm³/mol. The number of rotatable bonds is 4. The lowest BCUT2D eigenvalue weighted by Crippen LogP contribution is -2.31. The van der Waals surface area contributed by atoms with Crippen molar-refractivity contribution in [1.82, 2.24) is 10.3 Å². The summed E-state index contributed by atoms with van der Waals surface area (Å²) in [5.74, 6) is 0.837. The van der Waals surface area contributed by atoms with Gasteiger partial charge in [-0.3, -0.25) is 0 Å². The third-order valence-corrected chi connectivity index (χ3v) is 3.32. The second kappa shape index (κ2) is 5.33. The van der Waals surface area contributed by atoms with Gasteiger partial charge in [-0.25, -0.2) is 0 Å². The first kappa shape index (κ1) is 10.7. The minimum absolute atomic E-state index is 0.464. The molecule has 1 aliphatic carbocycles. The number of hydrogen-bond acceptors (Lipinski definition) is 2. The van der Waals surface area contributed by atoms with Crippen LogP contribution in [0.4, 0.5) is 0 Å². The standard InChI is InChI=1S/C12H21N3/c13-12-3-1-10(2-4-12)7-15-9-11-5-6-14-8-11/h5-6,8,10,12,14-15H,1-4,7,9,13H2. The third-order valence-electron chi connectivity index (χ3n) is 3.32. The van der Waals surface area contributed by atoms with Gasteiger partial charge in [0.05, 0.1) is 0 Å². The van der Waals surface area contributed by atoms with E-state index in [4.69, 9.17) is 5.73 Å². The summed E-state index contributed by atoms with van der Waals surface area (Å²) in [5.41, 5.74) is 7.21. The van der Waals surface area contributed by atoms with Gasteiger partial charge in [-0.05, 0) is 49.8 Å². The van der Waals surface area contributed by atoms with Crippen molar-refractivity contribution in [3.63, 3.8) is 0 Å². The molecule has 2 rings (SSSR count). The van der Waals surface area contributed by atoms with Gasteiger partial charge in [0.25, 0.3) is 0 Å². The van der Waals surface area contributed by atoms with Gasteiger partial charge in [0.15, 0.2) is 0 Å². The van der Waals surface area contributed by atoms with Crippen molar-refractivity contribution >= 4 is 0 Å². The number of aromatic nitrogens is 1. The highest BCUT2D eigenvalue weighted by atomic mass is 14.9. The van der Waals surface area contributed by atoms with E-state index in [9.17, 15) is 0 Å². The summed E-state index contributed by atoms with van der Waals surface area (Å²) in [5, 5.41) is 3.51. The molecule has 0 aliphatic heterocycles. The van der Waals surface area contributed by atoms with Gasteiger partial charge in [-0.2, -0.15) is 0 Å². The van der Waals surface area contributed by atoms with Crippen molar-refractivity contribution in [3.05, 3.63) is 24.0 Å². The molecule has 1 heterocycles. The molecule has 0 radical (unpaired) electrons. The SMILES string of the molecule is NC1CCC(CNCc2cc[nH]c2)CC1. The number of nitrogens with two attached hydrogens (primary N) is 1. The molecule has 0 atom stereocenters. The summed E-state index contributed by atoms with van der Waals surface area (Å²) >= 11 is 0. The molecule has 4 N–H and O–H groups in total. The van der Waals surface area contributed by atoms with E-state index in [1.54, 1.807) is 0 Å². The topological polar surface area (TPSA) is 53.8 Å². The molecule has 0 unspecified atom stereocenters. The summed E-state index contributed by atoms with van der Waals surface area (Å²) in [6, 6.07) is 2.58. The smallest absolute Gasteiger partial charge is 0.0220 e. The Morgan fingerprint density at radius 1 is 1.33 bits per heavy atom. The first-order chi connectivity index (χ1) is 7.34. The van der Waals surface area contributed by atoms with Crippen LogP contribution in [-0.2, 0) is 6.54 Å². The maximum atomic E-state index is 5.88. The minimum Gasteiger partial charge on any atom is -0.367 e. The zero-order valence-corrected chi connectivity index (χ0v) is 9.21. The lowest BCUT2D eigenvalue weighted by Gasteiger charge is -2.26. The molecule has 3 heteroatoms. The Bertz CT molecular complexity index is 260. The van der Waals surface area contributed by atoms with E-state index in [1.807, 2.05) is 12.4 Å². The molecule has 0 bridgehead atoms. The Hall–Kier alpha value is -0.800. The Morgan fingerprint density at radius 3 is 2.80 bits per heavy atom. The number of nitrogens with one attached hydrogen (secondary N) is 2. The van der Waals surface area contributed by atoms with Crippen molar-refractivity contribution in [1.29, 1.82) is 0 Å². The van der Waals surface area contributed by atoms with Gasteiger partial charge >= 0.3 is 0 Å². The van der Waals surface area contributed by atoms with Crippen LogP contribution in [0.3, 0.4) is 0 Å². The molecule has 1 aromatic rings. The zero-order chi connectivity index (χ0) is 10.5. The first-order valence-corrected chi connectivity index (χ1v) is 5.92. The van der Waals surface area contributed by atoms with Crippen molar-refractivity contribution in [2.45, 2.75) is 38.3 Å². The molecular weight excluding hydrogens is 186 g/mol. The maximum absolute atomic E-state index is 5.88. The van der Waals surface area contributed by atoms with Crippen LogP contribution in [0.25, 0.3) is 0 Å². The monoisotopic (exact) mass is 207 g/mol. The molecule has 1 fully saturated rings. The summed E-state index contributed by atoms with van der Waals surface area (Å²) in [7, 11) is 0. The third kappa shape index (κ3) is 3.36. The molecule has 0 amide bonds. The molecule has 0 aromatic carbocycles. The van der Waals surface area contributed by atoms with Gasteiger partial charge in [-0.15, -0.1) is 0 Å². The quantitative estimate of drug-likeness (QED) is 0.702. The first-order valence-electron chi connectivity index (χ1n) is 5.92. The fourth-order valence-corrected chi connectivity index (χ4v) is 2.28. The van der Waals surface area contributed by atoms with Crippen LogP contribution in [0.2, 0.25) is 0 Å². The summed E-state index contributed by atoms with van der Waals surface area (Å²) in [4.78, 5) is 3.07. The molecule has 3 nitrogen and oxygen atoms in total. The van der Waals surface area contributed by atoms with Crippen LogP contribution in [-0.4, -0.2) is 17.6 Å². The molecule has 15 heavy (non-hydrogen) atoms. The fourth-order valence-electron chi connectivity index (χ4n) is 2.28. The van der Waals surface area contributed by atoms with E-state index < -0.39 is 0 Å². The van der Waals surface area contributed by atoms with E-state index in [2.05, 4.69) is 16.4 Å². The van der Waals surface area contributed by atoms with Gasteiger partial charge in [0.1, 0.15) is 0 Å². The Kier molecular flexibility index (Phi) is 3.80. The lowest BCUT2D eigenvalue weighted by molar-refractivity contribution is 0.314. The number of H-pyrrole nitrogens is 1. The summed E-state index contributed by atoms with van der Waals surface area (Å²) in [6.45, 7) is 2.12. The van der Waals surface area contributed by atoms with E-state index in [-0.39, 0.29) is 0 Å². The second-order valence-electron chi connectivity index (χ2n) is 4.63. The molecule has 1 aromatic heterocycles. The van der Waals surface area contributed by atoms with Crippen LogP contribution >= 0.6 is 0 Å². The highest BCUT2D eigenvalue weighted by Crippen LogP contribution is 2.22. The highest BCUT2D eigenvalue weighted by molar-refractivity contribution is 5.07. The molecular formula is C12H21N3. The predicted octanol–water partition coefficient (Wildman–Crippen LogP) is 1.62. The largest absolute Gasteiger partial charge is 0.367 e. The van der Waals surface area contributed by atoms with Crippen molar-refractivity contribution in [3.8, 4) is 0 Å². The lowest BCUT2D eigenvalue weighted by atomic mass is 9.86. The Labute approximate surface area is 91.4 Å². The van der Waals surface area contributed by atoms with Crippen LogP contribution in [0.1, 0.15) is 31.2 Å². The van der Waals surface area contributed by atoms with Gasteiger partial charge in [-0.1, -0.05) is 0 Å². The summed E-state index contributed by atoms with van der Waals surface area (Å²) < 4.78 is 0. The van der Waals surface area contributed by atoms with Crippen LogP contribution in [0, 0.1) is 5.92 Å². The molecule has 0 saturated heterocycles. The van der Waals surface area contributed by atoms with Crippen molar-refractivity contribution in [2.24, 2.45) is 11.7 Å². The van der Waals surface area contributed by atoms with E-state index in [0.717, 1.165) is 19.0 Å². The van der Waals surface area contributed by atoms with Crippen LogP contribution in [0.15, 0.2) is 18.5 Å². The normalized spacial score (nSPS) is 26.7. The molecule has 0 spiro atoms. The zero-order valence-electron chi connectivity index (χ0n) is 9.21. The Balaban J connectivity index is 1.62. The fraction of sp³-hybridized carbons (Fsp3) is 0.667. The minimum atomic E-state index is 0.464. The Morgan fingerprint density at radius 2 is 2.13 bits per heavy atom. The number of hydrogen-bond donors (Lipinski definition) is 3. The molecule has 1 aliphatic rings. The van der Waals surface area contributed by atoms with E-state index in [1.165, 1.54) is 31.2 Å². The molecule has 84 valence electrons. The van der Waals surface area contributed by atoms with E-state index >= 15 is 0 Å². The molecule has 1 saturated carbocycles. The van der Waals surface area contributed by atoms with Crippen molar-refractivity contribution < 1.29 is 0 Å². The van der Waals surface area contributed by atoms with E-state index in [0.29, 0.717) is 6.04 Å². The number of aromatic amines is 1.